The molecule has 0 bridgehead atoms. The van der Waals surface area contributed by atoms with E-state index in [2.05, 4.69) is 21.2 Å². The van der Waals surface area contributed by atoms with Crippen molar-refractivity contribution in [3.05, 3.63) is 44.7 Å². The van der Waals surface area contributed by atoms with Crippen molar-refractivity contribution >= 4 is 50.1 Å². The second-order valence-electron chi connectivity index (χ2n) is 5.88. The molecule has 0 fully saturated rings. The Kier molecular flexibility index (Phi) is 8.21. The maximum Gasteiger partial charge on any atom is 0.348 e. The molecule has 2 rings (SSSR count). The topological polar surface area (TPSA) is 90.9 Å². The molecular weight excluding hydrogens is 462 g/mol. The summed E-state index contributed by atoms with van der Waals surface area (Å²) in [5.74, 6) is -1.14. The van der Waals surface area contributed by atoms with Gasteiger partial charge in [0.2, 0.25) is 0 Å². The van der Waals surface area contributed by atoms with Crippen molar-refractivity contribution in [1.29, 1.82) is 0 Å². The summed E-state index contributed by atoms with van der Waals surface area (Å²) in [6.07, 6.45) is -0.850. The number of ether oxygens (including phenoxy) is 3. The molecule has 1 heterocycles. The minimum absolute atomic E-state index is 0.140. The van der Waals surface area contributed by atoms with Gasteiger partial charge in [-0.05, 0) is 61.3 Å². The van der Waals surface area contributed by atoms with Crippen molar-refractivity contribution < 1.29 is 28.6 Å². The van der Waals surface area contributed by atoms with Crippen LogP contribution < -0.4 is 10.1 Å². The van der Waals surface area contributed by atoms with E-state index in [1.807, 2.05) is 6.07 Å². The molecule has 1 aromatic carbocycles. The zero-order valence-corrected chi connectivity index (χ0v) is 18.9. The third-order valence-corrected chi connectivity index (χ3v) is 5.68. The fraction of sp³-hybridized carbons (Fsp3) is 0.350. The van der Waals surface area contributed by atoms with Crippen LogP contribution in [0.3, 0.4) is 0 Å². The highest BCUT2D eigenvalue weighted by molar-refractivity contribution is 9.10. The molecule has 1 atom stereocenters. The Balaban J connectivity index is 2.28. The van der Waals surface area contributed by atoms with E-state index in [4.69, 9.17) is 14.2 Å². The predicted molar refractivity (Wildman–Crippen MR) is 114 cm³/mol. The number of para-hydroxylation sites is 1. The minimum atomic E-state index is -0.850. The van der Waals surface area contributed by atoms with Gasteiger partial charge in [-0.15, -0.1) is 11.3 Å². The van der Waals surface area contributed by atoms with Crippen LogP contribution in [0.2, 0.25) is 0 Å². The molecule has 2 aromatic rings. The highest BCUT2D eigenvalue weighted by Crippen LogP contribution is 2.34. The molecule has 0 radical (unpaired) electrons. The van der Waals surface area contributed by atoms with Gasteiger partial charge in [-0.1, -0.05) is 12.1 Å². The van der Waals surface area contributed by atoms with E-state index in [0.29, 0.717) is 15.8 Å². The third-order valence-electron chi connectivity index (χ3n) is 3.83. The van der Waals surface area contributed by atoms with Gasteiger partial charge in [-0.25, -0.2) is 9.59 Å². The summed E-state index contributed by atoms with van der Waals surface area (Å²) >= 11 is 4.34. The first kappa shape index (κ1) is 22.9. The SMILES string of the molecule is CCOC(=O)c1sc(NC(=O)[C@@H](C)Oc2ccccc2Br)c(C(=O)OCC)c1C. The monoisotopic (exact) mass is 483 g/mol. The average molecular weight is 484 g/mol. The van der Waals surface area contributed by atoms with E-state index in [0.717, 1.165) is 11.3 Å². The van der Waals surface area contributed by atoms with E-state index < -0.39 is 23.9 Å². The van der Waals surface area contributed by atoms with E-state index in [-0.39, 0.29) is 28.7 Å². The van der Waals surface area contributed by atoms with Gasteiger partial charge in [0.05, 0.1) is 23.2 Å². The average Bonchev–Trinajstić information content (AvgIpc) is 3.00. The second-order valence-corrected chi connectivity index (χ2v) is 7.76. The van der Waals surface area contributed by atoms with Crippen molar-refractivity contribution in [2.24, 2.45) is 0 Å². The lowest BCUT2D eigenvalue weighted by atomic mass is 10.1. The van der Waals surface area contributed by atoms with E-state index in [1.165, 1.54) is 0 Å². The number of anilines is 1. The fourth-order valence-corrected chi connectivity index (χ4v) is 3.91. The number of hydrogen-bond donors (Lipinski definition) is 1. The Hall–Kier alpha value is -2.39. The number of carbonyl (C=O) groups is 3. The molecule has 0 spiro atoms. The molecule has 1 aromatic heterocycles. The lowest BCUT2D eigenvalue weighted by Crippen LogP contribution is -2.30. The maximum absolute atomic E-state index is 12.7. The summed E-state index contributed by atoms with van der Waals surface area (Å²) in [6.45, 7) is 6.94. The second kappa shape index (κ2) is 10.4. The number of esters is 2. The Morgan fingerprint density at radius 1 is 1.10 bits per heavy atom. The molecule has 7 nitrogen and oxygen atoms in total. The van der Waals surface area contributed by atoms with E-state index in [1.54, 1.807) is 45.9 Å². The van der Waals surface area contributed by atoms with Crippen molar-refractivity contribution in [3.63, 3.8) is 0 Å². The van der Waals surface area contributed by atoms with Gasteiger partial charge in [0, 0.05) is 0 Å². The highest BCUT2D eigenvalue weighted by atomic mass is 79.9. The molecule has 9 heteroatoms. The molecule has 156 valence electrons. The number of carbonyl (C=O) groups excluding carboxylic acids is 3. The van der Waals surface area contributed by atoms with Crippen LogP contribution in [-0.4, -0.2) is 37.2 Å². The standard InChI is InChI=1S/C20H22BrNO6S/c1-5-26-19(24)15-11(3)16(20(25)27-6-2)29-18(15)22-17(23)12(4)28-14-10-8-7-9-13(14)21/h7-10,12H,5-6H2,1-4H3,(H,22,23)/t12-/m1/s1. The van der Waals surface area contributed by atoms with Gasteiger partial charge in [0.15, 0.2) is 6.10 Å². The van der Waals surface area contributed by atoms with Crippen molar-refractivity contribution in [1.82, 2.24) is 0 Å². The lowest BCUT2D eigenvalue weighted by Gasteiger charge is -2.15. The first-order valence-electron chi connectivity index (χ1n) is 8.99. The molecule has 1 N–H and O–H groups in total. The van der Waals surface area contributed by atoms with Crippen LogP contribution >= 0.6 is 27.3 Å². The quantitative estimate of drug-likeness (QED) is 0.552. The largest absolute Gasteiger partial charge is 0.480 e. The van der Waals surface area contributed by atoms with Crippen molar-refractivity contribution in [3.8, 4) is 5.75 Å². The molecule has 0 unspecified atom stereocenters. The van der Waals surface area contributed by atoms with Crippen LogP contribution in [0.1, 0.15) is 46.4 Å². The number of thiophene rings is 1. The summed E-state index contributed by atoms with van der Waals surface area (Å²) in [5, 5.41) is 2.90. The minimum Gasteiger partial charge on any atom is -0.480 e. The maximum atomic E-state index is 12.7. The van der Waals surface area contributed by atoms with Gasteiger partial charge in [0.25, 0.3) is 5.91 Å². The van der Waals surface area contributed by atoms with Gasteiger partial charge in [0.1, 0.15) is 15.6 Å². The number of nitrogens with one attached hydrogen (secondary N) is 1. The van der Waals surface area contributed by atoms with E-state index in [9.17, 15) is 14.4 Å². The molecule has 0 aliphatic heterocycles. The van der Waals surface area contributed by atoms with Crippen LogP contribution in [-0.2, 0) is 14.3 Å². The number of rotatable bonds is 8. The van der Waals surface area contributed by atoms with Gasteiger partial charge in [-0.3, -0.25) is 4.79 Å². The number of hydrogen-bond acceptors (Lipinski definition) is 7. The van der Waals surface area contributed by atoms with Crippen LogP contribution in [0.25, 0.3) is 0 Å². The Bertz CT molecular complexity index is 910. The number of benzene rings is 1. The summed E-state index contributed by atoms with van der Waals surface area (Å²) in [7, 11) is 0. The van der Waals surface area contributed by atoms with Crippen molar-refractivity contribution in [2.75, 3.05) is 18.5 Å². The fourth-order valence-electron chi connectivity index (χ4n) is 2.44. The van der Waals surface area contributed by atoms with Gasteiger partial charge >= 0.3 is 11.9 Å². The first-order valence-corrected chi connectivity index (χ1v) is 10.6. The summed E-state index contributed by atoms with van der Waals surface area (Å²) in [4.78, 5) is 37.5. The molecule has 29 heavy (non-hydrogen) atoms. The van der Waals surface area contributed by atoms with E-state index >= 15 is 0 Å². The van der Waals surface area contributed by atoms with Crippen LogP contribution in [0.15, 0.2) is 28.7 Å². The molecule has 0 saturated heterocycles. The van der Waals surface area contributed by atoms with Gasteiger partial charge < -0.3 is 19.5 Å². The summed E-state index contributed by atoms with van der Waals surface area (Å²) in [5.41, 5.74) is 0.544. The third kappa shape index (κ3) is 5.57. The summed E-state index contributed by atoms with van der Waals surface area (Å²) < 4.78 is 16.5. The zero-order valence-electron chi connectivity index (χ0n) is 16.5. The molecular formula is C20H22BrNO6S. The summed E-state index contributed by atoms with van der Waals surface area (Å²) in [6, 6.07) is 7.15. The normalized spacial score (nSPS) is 11.5. The molecule has 0 saturated carbocycles. The van der Waals surface area contributed by atoms with Crippen LogP contribution in [0, 0.1) is 6.92 Å². The van der Waals surface area contributed by atoms with Gasteiger partial charge in [-0.2, -0.15) is 0 Å². The molecule has 1 amide bonds. The molecule has 0 aliphatic carbocycles. The van der Waals surface area contributed by atoms with Crippen LogP contribution in [0.4, 0.5) is 5.00 Å². The predicted octanol–water partition coefficient (Wildman–Crippen LogP) is 4.58. The lowest BCUT2D eigenvalue weighted by molar-refractivity contribution is -0.122. The Labute approximate surface area is 181 Å². The first-order chi connectivity index (χ1) is 13.8. The molecule has 0 aliphatic rings. The highest BCUT2D eigenvalue weighted by Gasteiger charge is 2.28. The zero-order chi connectivity index (χ0) is 21.6. The Morgan fingerprint density at radius 3 is 2.34 bits per heavy atom. The van der Waals surface area contributed by atoms with Crippen molar-refractivity contribution in [2.45, 2.75) is 33.8 Å². The number of amides is 1. The Morgan fingerprint density at radius 2 is 1.72 bits per heavy atom. The van der Waals surface area contributed by atoms with Crippen LogP contribution in [0.5, 0.6) is 5.75 Å². The smallest absolute Gasteiger partial charge is 0.348 e. The number of halogens is 1.